The van der Waals surface area contributed by atoms with E-state index < -0.39 is 12.2 Å². The van der Waals surface area contributed by atoms with Crippen LogP contribution < -0.4 is 0 Å². The third-order valence-electron chi connectivity index (χ3n) is 12.9. The first-order valence-corrected chi connectivity index (χ1v) is 29.4. The van der Waals surface area contributed by atoms with Gasteiger partial charge in [0.2, 0.25) is 0 Å². The molecule has 4 N–H and O–H groups in total. The minimum absolute atomic E-state index is 0. The monoisotopic (exact) mass is 1510 g/mol. The van der Waals surface area contributed by atoms with Crippen LogP contribution in [0.2, 0.25) is 0 Å². The third-order valence-corrected chi connectivity index (χ3v) is 12.9. The molecule has 0 amide bonds. The SMILES string of the molecule is C1CCCC1.CCc1ccc(CCC(O)=CC(C)O)cc1.CCc1ccc(CCC(O)=CC(C)O)cc1.[Ir].[Ir].[c-]1ccccc1-c1ccccn1.[c-]1ccccc1-c1ccccn1.[c-]1ccccc1-c1ccccn1.[c-]1ccccc1-c1ccccn1. The van der Waals surface area contributed by atoms with Gasteiger partial charge in [-0.1, -0.05) is 143 Å². The van der Waals surface area contributed by atoms with E-state index in [-0.39, 0.29) is 51.7 Å². The van der Waals surface area contributed by atoms with E-state index in [2.05, 4.69) is 107 Å². The van der Waals surface area contributed by atoms with Crippen LogP contribution in [-0.4, -0.2) is 52.6 Å². The number of aromatic nitrogens is 4. The van der Waals surface area contributed by atoms with Crippen molar-refractivity contribution in [3.63, 3.8) is 0 Å². The van der Waals surface area contributed by atoms with Crippen LogP contribution in [-0.2, 0) is 65.9 Å². The third kappa shape index (κ3) is 32.0. The van der Waals surface area contributed by atoms with E-state index >= 15 is 0 Å². The van der Waals surface area contributed by atoms with Crippen LogP contribution in [0.1, 0.15) is 94.9 Å². The Balaban J connectivity index is 0.000000268. The normalized spacial score (nSPS) is 11.8. The summed E-state index contributed by atoms with van der Waals surface area (Å²) >= 11 is 0. The van der Waals surface area contributed by atoms with Gasteiger partial charge in [-0.2, -0.15) is 0 Å². The fraction of sp³-hybridized carbons (Fsp3) is 0.221. The number of aliphatic hydroxyl groups excluding tert-OH is 4. The van der Waals surface area contributed by atoms with Gasteiger partial charge in [0.15, 0.2) is 0 Å². The minimum atomic E-state index is -0.581. The molecule has 10 aromatic rings. The molecule has 11 rings (SSSR count). The molecule has 1 fully saturated rings. The predicted octanol–water partition coefficient (Wildman–Crippen LogP) is 18.1. The Morgan fingerprint density at radius 1 is 0.368 bits per heavy atom. The first-order chi connectivity index (χ1) is 41.6. The van der Waals surface area contributed by atoms with Gasteiger partial charge in [0, 0.05) is 77.8 Å². The molecule has 10 heteroatoms. The molecule has 2 radical (unpaired) electrons. The van der Waals surface area contributed by atoms with Crippen molar-refractivity contribution in [1.82, 2.24) is 19.9 Å². The molecule has 2 unspecified atom stereocenters. The summed E-state index contributed by atoms with van der Waals surface area (Å²) < 4.78 is 0. The summed E-state index contributed by atoms with van der Waals surface area (Å²) in [6.07, 6.45) is 21.3. The fourth-order valence-corrected chi connectivity index (χ4v) is 8.33. The number of benzene rings is 6. The van der Waals surface area contributed by atoms with Crippen LogP contribution in [0.5, 0.6) is 0 Å². The van der Waals surface area contributed by atoms with Gasteiger partial charge in [-0.3, -0.25) is 0 Å². The van der Waals surface area contributed by atoms with Crippen molar-refractivity contribution in [3.8, 4) is 45.0 Å². The number of pyridine rings is 4. The number of aliphatic hydroxyl groups is 4. The van der Waals surface area contributed by atoms with E-state index in [1.807, 2.05) is 170 Å². The average Bonchev–Trinajstić information content (AvgIpc) is 4.29. The van der Waals surface area contributed by atoms with Crippen molar-refractivity contribution in [2.75, 3.05) is 0 Å². The van der Waals surface area contributed by atoms with Crippen LogP contribution in [0.25, 0.3) is 45.0 Å². The van der Waals surface area contributed by atoms with Crippen LogP contribution in [0.3, 0.4) is 0 Å². The maximum absolute atomic E-state index is 9.48. The second-order valence-corrected chi connectivity index (χ2v) is 19.9. The topological polar surface area (TPSA) is 132 Å². The maximum atomic E-state index is 9.48. The predicted molar refractivity (Wildman–Crippen MR) is 350 cm³/mol. The second-order valence-electron chi connectivity index (χ2n) is 19.9. The zero-order chi connectivity index (χ0) is 60.4. The molecule has 8 nitrogen and oxygen atoms in total. The number of aryl methyl sites for hydroxylation is 4. The van der Waals surface area contributed by atoms with Gasteiger partial charge in [0.05, 0.1) is 23.7 Å². The molecule has 1 aliphatic rings. The van der Waals surface area contributed by atoms with Gasteiger partial charge >= 0.3 is 0 Å². The Hall–Kier alpha value is -7.78. The molecule has 4 heterocycles. The minimum Gasteiger partial charge on any atom is -0.513 e. The zero-order valence-corrected chi connectivity index (χ0v) is 55.2. The van der Waals surface area contributed by atoms with Crippen LogP contribution >= 0.6 is 0 Å². The molecule has 0 aliphatic heterocycles. The molecule has 0 bridgehead atoms. The van der Waals surface area contributed by atoms with Crippen molar-refractivity contribution < 1.29 is 60.6 Å². The zero-order valence-electron chi connectivity index (χ0n) is 50.4. The largest absolute Gasteiger partial charge is 0.513 e. The molecule has 1 saturated carbocycles. The molecular formula is C77H82Ir2N4O4-4. The van der Waals surface area contributed by atoms with E-state index in [1.54, 1.807) is 38.6 Å². The smallest absolute Gasteiger partial charge is 0.0911 e. The molecule has 6 aromatic carbocycles. The van der Waals surface area contributed by atoms with E-state index in [0.29, 0.717) is 12.8 Å². The van der Waals surface area contributed by atoms with Crippen LogP contribution in [0.4, 0.5) is 0 Å². The summed E-state index contributed by atoms with van der Waals surface area (Å²) in [7, 11) is 0. The number of nitrogens with zero attached hydrogens (tertiary/aromatic N) is 4. The summed E-state index contributed by atoms with van der Waals surface area (Å²) in [6.45, 7) is 7.52. The molecular weight excluding hydrogens is 1430 g/mol. The summed E-state index contributed by atoms with van der Waals surface area (Å²) in [6, 6.07) is 84.1. The number of hydrogen-bond donors (Lipinski definition) is 4. The van der Waals surface area contributed by atoms with Gasteiger partial charge < -0.3 is 40.4 Å². The van der Waals surface area contributed by atoms with E-state index in [0.717, 1.165) is 70.7 Å². The van der Waals surface area contributed by atoms with Gasteiger partial charge in [0.1, 0.15) is 0 Å². The summed E-state index contributed by atoms with van der Waals surface area (Å²) in [4.78, 5) is 16.9. The van der Waals surface area contributed by atoms with E-state index in [9.17, 15) is 10.2 Å². The first kappa shape index (κ1) is 73.5. The van der Waals surface area contributed by atoms with Crippen LogP contribution in [0, 0.1) is 24.3 Å². The fourth-order valence-electron chi connectivity index (χ4n) is 8.33. The van der Waals surface area contributed by atoms with Gasteiger partial charge in [-0.25, -0.2) is 0 Å². The Bertz CT molecular complexity index is 2760. The summed E-state index contributed by atoms with van der Waals surface area (Å²) in [5, 5.41) is 37.1. The van der Waals surface area contributed by atoms with Crippen molar-refractivity contribution >= 4 is 0 Å². The summed E-state index contributed by atoms with van der Waals surface area (Å²) in [5.74, 6) is 0.518. The number of allylic oxidation sites excluding steroid dienone is 2. The molecule has 456 valence electrons. The molecule has 2 atom stereocenters. The van der Waals surface area contributed by atoms with Crippen molar-refractivity contribution in [3.05, 3.63) is 313 Å². The molecule has 1 aliphatic carbocycles. The number of hydrogen-bond acceptors (Lipinski definition) is 8. The quantitative estimate of drug-likeness (QED) is 0.0625. The first-order valence-electron chi connectivity index (χ1n) is 29.4. The Morgan fingerprint density at radius 3 is 0.805 bits per heavy atom. The van der Waals surface area contributed by atoms with Gasteiger partial charge in [-0.05, 0) is 121 Å². The van der Waals surface area contributed by atoms with Crippen LogP contribution in [0.15, 0.2) is 267 Å². The molecule has 0 spiro atoms. The Morgan fingerprint density at radius 2 is 0.609 bits per heavy atom. The van der Waals surface area contributed by atoms with Crippen molar-refractivity contribution in [2.45, 2.75) is 111 Å². The van der Waals surface area contributed by atoms with Crippen molar-refractivity contribution in [1.29, 1.82) is 0 Å². The van der Waals surface area contributed by atoms with Gasteiger partial charge in [0.25, 0.3) is 0 Å². The number of rotatable bonds is 14. The summed E-state index contributed by atoms with van der Waals surface area (Å²) in [5.41, 5.74) is 13.1. The van der Waals surface area contributed by atoms with E-state index in [1.165, 1.54) is 66.5 Å². The standard InChI is InChI=1S/2C14H20O2.4C11H8N.C5H10.2Ir/c2*1-3-12-4-6-13(7-5-12)8-9-14(16)10-11(2)15;4*1-2-6-10(7-3-1)11-8-4-5-9-12-11;1-2-4-5-3-1;;/h2*4-7,10-11,15-16H,3,8-9H2,1-2H3;4*1-6,8-9H;1-5H2;;/q;;4*-1;;;. The maximum Gasteiger partial charge on any atom is 0.0911 e. The molecule has 87 heavy (non-hydrogen) atoms. The average molecular weight is 1510 g/mol. The van der Waals surface area contributed by atoms with E-state index in [4.69, 9.17) is 10.2 Å². The second kappa shape index (κ2) is 45.5. The Labute approximate surface area is 545 Å². The van der Waals surface area contributed by atoms with Crippen molar-refractivity contribution in [2.24, 2.45) is 0 Å². The molecule has 0 saturated heterocycles. The van der Waals surface area contributed by atoms with Gasteiger partial charge in [-0.15, -0.1) is 144 Å². The Kier molecular flexibility index (Phi) is 38.4. The molecule has 4 aromatic heterocycles.